The van der Waals surface area contributed by atoms with E-state index in [4.69, 9.17) is 9.47 Å². The molecule has 2 aliphatic rings. The largest absolute Gasteiger partial charge is 0.452 e. The molecule has 0 N–H and O–H groups in total. The molecular formula is C25H23NO4. The highest BCUT2D eigenvalue weighted by Crippen LogP contribution is 2.36. The molecule has 0 bridgehead atoms. The van der Waals surface area contributed by atoms with Crippen molar-refractivity contribution in [2.45, 2.75) is 32.1 Å². The summed E-state index contributed by atoms with van der Waals surface area (Å²) in [5.74, 6) is 0.742. The number of nitrogens with zero attached hydrogens (tertiary/aromatic N) is 1. The van der Waals surface area contributed by atoms with Crippen LogP contribution in [0.2, 0.25) is 0 Å². The lowest BCUT2D eigenvalue weighted by Crippen LogP contribution is -2.22. The second kappa shape index (κ2) is 7.48. The molecule has 5 heteroatoms. The summed E-state index contributed by atoms with van der Waals surface area (Å²) in [6.07, 6.45) is 8.86. The van der Waals surface area contributed by atoms with Crippen molar-refractivity contribution < 1.29 is 19.1 Å². The van der Waals surface area contributed by atoms with E-state index in [-0.39, 0.29) is 23.4 Å². The van der Waals surface area contributed by atoms with E-state index in [1.165, 1.54) is 6.42 Å². The van der Waals surface area contributed by atoms with Crippen LogP contribution in [0.5, 0.6) is 11.5 Å². The van der Waals surface area contributed by atoms with E-state index < -0.39 is 0 Å². The number of hydrogen-bond donors (Lipinski definition) is 0. The van der Waals surface area contributed by atoms with Crippen LogP contribution in [0.4, 0.5) is 0 Å². The number of hydrogen-bond acceptors (Lipinski definition) is 4. The quantitative estimate of drug-likeness (QED) is 0.340. The SMILES string of the molecule is Cn1cc(C=C2Oc3cc(OC(=O)C4CCCCC4)ccc3C2=O)c2ccccc21. The van der Waals surface area contributed by atoms with Crippen LogP contribution in [0, 0.1) is 5.92 Å². The van der Waals surface area contributed by atoms with Crippen molar-refractivity contribution >= 4 is 28.7 Å². The highest BCUT2D eigenvalue weighted by Gasteiger charge is 2.29. The second-order valence-electron chi connectivity index (χ2n) is 8.07. The molecular weight excluding hydrogens is 378 g/mol. The van der Waals surface area contributed by atoms with Crippen LogP contribution < -0.4 is 9.47 Å². The third kappa shape index (κ3) is 3.30. The Morgan fingerprint density at radius 1 is 1.13 bits per heavy atom. The molecule has 5 nitrogen and oxygen atoms in total. The second-order valence-corrected chi connectivity index (χ2v) is 8.07. The molecule has 0 radical (unpaired) electrons. The normalized spacial score (nSPS) is 17.9. The van der Waals surface area contributed by atoms with Crippen molar-refractivity contribution in [2.75, 3.05) is 0 Å². The number of esters is 1. The predicted octanol–water partition coefficient (Wildman–Crippen LogP) is 5.28. The number of carbonyl (C=O) groups is 2. The maximum absolute atomic E-state index is 12.8. The maximum atomic E-state index is 12.8. The fourth-order valence-electron chi connectivity index (χ4n) is 4.40. The number of benzene rings is 2. The standard InChI is InChI=1S/C25H23NO4/c1-26-15-17(19-9-5-6-10-21(19)26)13-23-24(27)20-12-11-18(14-22(20)30-23)29-25(28)16-7-3-2-4-8-16/h5-6,9-16H,2-4,7-8H2,1H3. The first-order valence-electron chi connectivity index (χ1n) is 10.4. The molecule has 0 atom stereocenters. The first kappa shape index (κ1) is 18.7. The van der Waals surface area contributed by atoms with Crippen molar-refractivity contribution in [3.63, 3.8) is 0 Å². The van der Waals surface area contributed by atoms with Crippen LogP contribution in [-0.4, -0.2) is 16.3 Å². The number of ether oxygens (including phenoxy) is 2. The van der Waals surface area contributed by atoms with E-state index in [1.54, 1.807) is 24.3 Å². The van der Waals surface area contributed by atoms with Gasteiger partial charge < -0.3 is 14.0 Å². The Kier molecular flexibility index (Phi) is 4.66. The summed E-state index contributed by atoms with van der Waals surface area (Å²) in [7, 11) is 1.98. The minimum absolute atomic E-state index is 0.0311. The Morgan fingerprint density at radius 2 is 1.93 bits per heavy atom. The van der Waals surface area contributed by atoms with Crippen molar-refractivity contribution in [1.82, 2.24) is 4.57 Å². The highest BCUT2D eigenvalue weighted by atomic mass is 16.5. The fraction of sp³-hybridized carbons (Fsp3) is 0.280. The summed E-state index contributed by atoms with van der Waals surface area (Å²) in [6.45, 7) is 0. The van der Waals surface area contributed by atoms with Gasteiger partial charge in [0.2, 0.25) is 5.78 Å². The van der Waals surface area contributed by atoms with Gasteiger partial charge in [0.25, 0.3) is 0 Å². The Morgan fingerprint density at radius 3 is 2.77 bits per heavy atom. The molecule has 152 valence electrons. The number of aromatic nitrogens is 1. The van der Waals surface area contributed by atoms with Crippen LogP contribution in [0.25, 0.3) is 17.0 Å². The Balaban J connectivity index is 1.39. The van der Waals surface area contributed by atoms with Gasteiger partial charge in [-0.25, -0.2) is 0 Å². The van der Waals surface area contributed by atoms with Crippen LogP contribution in [0.15, 0.2) is 54.4 Å². The molecule has 1 aliphatic carbocycles. The van der Waals surface area contributed by atoms with E-state index in [1.807, 2.05) is 42.1 Å². The Hall–Kier alpha value is -3.34. The summed E-state index contributed by atoms with van der Waals surface area (Å²) in [5.41, 5.74) is 2.50. The average molecular weight is 401 g/mol. The zero-order valence-electron chi connectivity index (χ0n) is 16.9. The van der Waals surface area contributed by atoms with Crippen LogP contribution >= 0.6 is 0 Å². The van der Waals surface area contributed by atoms with Gasteiger partial charge in [-0.1, -0.05) is 37.5 Å². The number of ketones is 1. The van der Waals surface area contributed by atoms with Crippen LogP contribution in [0.3, 0.4) is 0 Å². The van der Waals surface area contributed by atoms with Gasteiger partial charge in [0.15, 0.2) is 5.76 Å². The summed E-state index contributed by atoms with van der Waals surface area (Å²) < 4.78 is 13.5. The molecule has 1 fully saturated rings. The monoisotopic (exact) mass is 401 g/mol. The number of allylic oxidation sites excluding steroid dienone is 1. The topological polar surface area (TPSA) is 57.5 Å². The minimum atomic E-state index is -0.189. The van der Waals surface area contributed by atoms with Gasteiger partial charge in [0.1, 0.15) is 11.5 Å². The van der Waals surface area contributed by atoms with Crippen molar-refractivity contribution in [3.8, 4) is 11.5 Å². The van der Waals surface area contributed by atoms with Gasteiger partial charge in [0.05, 0.1) is 11.5 Å². The molecule has 0 spiro atoms. The summed E-state index contributed by atoms with van der Waals surface area (Å²) in [4.78, 5) is 25.2. The molecule has 1 saturated carbocycles. The number of fused-ring (bicyclic) bond motifs is 2. The van der Waals surface area contributed by atoms with E-state index in [0.717, 1.165) is 42.1 Å². The summed E-state index contributed by atoms with van der Waals surface area (Å²) >= 11 is 0. The summed E-state index contributed by atoms with van der Waals surface area (Å²) in [6, 6.07) is 13.0. The van der Waals surface area contributed by atoms with Crippen LogP contribution in [-0.2, 0) is 11.8 Å². The number of Topliss-reactive ketones (excluding diaryl/α,β-unsaturated/α-hetero) is 1. The van der Waals surface area contributed by atoms with E-state index >= 15 is 0 Å². The predicted molar refractivity (Wildman–Crippen MR) is 115 cm³/mol. The van der Waals surface area contributed by atoms with Crippen molar-refractivity contribution in [1.29, 1.82) is 0 Å². The number of aryl methyl sites for hydroxylation is 1. The van der Waals surface area contributed by atoms with Gasteiger partial charge in [0, 0.05) is 35.8 Å². The van der Waals surface area contributed by atoms with Gasteiger partial charge in [-0.2, -0.15) is 0 Å². The molecule has 0 saturated heterocycles. The van der Waals surface area contributed by atoms with Crippen LogP contribution in [0.1, 0.15) is 48.0 Å². The lowest BCUT2D eigenvalue weighted by atomic mass is 9.89. The molecule has 0 amide bonds. The molecule has 0 unspecified atom stereocenters. The zero-order chi connectivity index (χ0) is 20.7. The van der Waals surface area contributed by atoms with E-state index in [9.17, 15) is 9.59 Å². The molecule has 5 rings (SSSR count). The van der Waals surface area contributed by atoms with Gasteiger partial charge in [-0.3, -0.25) is 9.59 Å². The van der Waals surface area contributed by atoms with Gasteiger partial charge in [-0.15, -0.1) is 0 Å². The molecule has 2 aromatic carbocycles. The maximum Gasteiger partial charge on any atom is 0.314 e. The Labute approximate surface area is 174 Å². The molecule has 3 aromatic rings. The number of rotatable bonds is 3. The third-order valence-electron chi connectivity index (χ3n) is 6.01. The van der Waals surface area contributed by atoms with Gasteiger partial charge >= 0.3 is 5.97 Å². The number of carbonyl (C=O) groups excluding carboxylic acids is 2. The highest BCUT2D eigenvalue weighted by molar-refractivity contribution is 6.15. The lowest BCUT2D eigenvalue weighted by molar-refractivity contribution is -0.139. The fourth-order valence-corrected chi connectivity index (χ4v) is 4.40. The summed E-state index contributed by atoms with van der Waals surface area (Å²) in [5, 5.41) is 1.06. The molecule has 1 aliphatic heterocycles. The first-order valence-corrected chi connectivity index (χ1v) is 10.4. The van der Waals surface area contributed by atoms with Crippen molar-refractivity contribution in [3.05, 3.63) is 65.5 Å². The third-order valence-corrected chi connectivity index (χ3v) is 6.01. The van der Waals surface area contributed by atoms with E-state index in [2.05, 4.69) is 0 Å². The Bertz CT molecular complexity index is 1180. The number of para-hydroxylation sites is 1. The average Bonchev–Trinajstić information content (AvgIpc) is 3.25. The molecule has 1 aromatic heterocycles. The zero-order valence-corrected chi connectivity index (χ0v) is 16.9. The first-order chi connectivity index (χ1) is 14.6. The lowest BCUT2D eigenvalue weighted by Gasteiger charge is -2.19. The van der Waals surface area contributed by atoms with Crippen molar-refractivity contribution in [2.24, 2.45) is 13.0 Å². The smallest absolute Gasteiger partial charge is 0.314 e. The minimum Gasteiger partial charge on any atom is -0.452 e. The molecule has 30 heavy (non-hydrogen) atoms. The molecule has 2 heterocycles. The van der Waals surface area contributed by atoms with Gasteiger partial charge in [-0.05, 0) is 37.1 Å². The van der Waals surface area contributed by atoms with E-state index in [0.29, 0.717) is 17.1 Å².